The Balaban J connectivity index is 1.86. The first-order chi connectivity index (χ1) is 9.92. The lowest BCUT2D eigenvalue weighted by molar-refractivity contribution is -0.120. The zero-order valence-electron chi connectivity index (χ0n) is 11.3. The second-order valence-electron chi connectivity index (χ2n) is 4.98. The average Bonchev–Trinajstić information content (AvgIpc) is 3.05. The van der Waals surface area contributed by atoms with Gasteiger partial charge in [-0.15, -0.1) is 11.3 Å². The van der Waals surface area contributed by atoms with Crippen LogP contribution in [0.1, 0.15) is 19.3 Å². The van der Waals surface area contributed by atoms with Crippen molar-refractivity contribution in [2.75, 3.05) is 13.1 Å². The Hall–Kier alpha value is -0.480. The monoisotopic (exact) mass is 395 g/mol. The summed E-state index contributed by atoms with van der Waals surface area (Å²) in [4.78, 5) is 11.9. The number of carbonyl (C=O) groups is 1. The van der Waals surface area contributed by atoms with Crippen molar-refractivity contribution >= 4 is 43.2 Å². The average molecular weight is 396 g/mol. The van der Waals surface area contributed by atoms with Gasteiger partial charge >= 0.3 is 0 Å². The van der Waals surface area contributed by atoms with E-state index in [2.05, 4.69) is 26.0 Å². The molecular weight excluding hydrogens is 378 g/mol. The number of halogens is 1. The van der Waals surface area contributed by atoms with Gasteiger partial charge in [0.15, 0.2) is 0 Å². The van der Waals surface area contributed by atoms with Crippen LogP contribution >= 0.6 is 27.3 Å². The smallest absolute Gasteiger partial charge is 0.250 e. The summed E-state index contributed by atoms with van der Waals surface area (Å²) < 4.78 is 27.2. The van der Waals surface area contributed by atoms with Gasteiger partial charge in [0.25, 0.3) is 10.0 Å². The van der Waals surface area contributed by atoms with Crippen molar-refractivity contribution in [1.29, 1.82) is 0 Å². The molecule has 1 fully saturated rings. The van der Waals surface area contributed by atoms with Gasteiger partial charge in [-0.3, -0.25) is 4.79 Å². The minimum absolute atomic E-state index is 0.0582. The van der Waals surface area contributed by atoms with Crippen LogP contribution in [-0.2, 0) is 14.8 Å². The molecule has 0 aromatic carbocycles. The highest BCUT2D eigenvalue weighted by Gasteiger charge is 2.27. The van der Waals surface area contributed by atoms with Gasteiger partial charge in [-0.05, 0) is 53.4 Å². The molecule has 21 heavy (non-hydrogen) atoms. The van der Waals surface area contributed by atoms with Gasteiger partial charge < -0.3 is 11.1 Å². The largest absolute Gasteiger partial charge is 0.352 e. The lowest BCUT2D eigenvalue weighted by Crippen LogP contribution is -2.44. The second kappa shape index (κ2) is 7.19. The molecular formula is C12H18BrN3O3S2. The Morgan fingerprint density at radius 2 is 2.19 bits per heavy atom. The van der Waals surface area contributed by atoms with Gasteiger partial charge in [0.1, 0.15) is 4.21 Å². The third-order valence-corrected chi connectivity index (χ3v) is 7.06. The van der Waals surface area contributed by atoms with Crippen LogP contribution in [0.4, 0.5) is 0 Å². The molecule has 2 atom stereocenters. The van der Waals surface area contributed by atoms with Crippen LogP contribution < -0.4 is 15.8 Å². The third kappa shape index (κ3) is 4.49. The van der Waals surface area contributed by atoms with E-state index in [1.54, 1.807) is 6.07 Å². The first kappa shape index (κ1) is 16.9. The van der Waals surface area contributed by atoms with E-state index < -0.39 is 10.0 Å². The number of amides is 1. The topological polar surface area (TPSA) is 101 Å². The highest BCUT2D eigenvalue weighted by atomic mass is 79.9. The maximum absolute atomic E-state index is 12.0. The summed E-state index contributed by atoms with van der Waals surface area (Å²) >= 11 is 4.31. The highest BCUT2D eigenvalue weighted by Crippen LogP contribution is 2.26. The van der Waals surface area contributed by atoms with E-state index in [-0.39, 0.29) is 22.7 Å². The quantitative estimate of drug-likeness (QED) is 0.669. The molecule has 2 unspecified atom stereocenters. The van der Waals surface area contributed by atoms with Gasteiger partial charge in [-0.25, -0.2) is 13.1 Å². The minimum atomic E-state index is -3.63. The molecule has 9 heteroatoms. The van der Waals surface area contributed by atoms with Gasteiger partial charge in [0.05, 0.1) is 10.3 Å². The normalized spacial score (nSPS) is 22.4. The van der Waals surface area contributed by atoms with Crippen LogP contribution in [0, 0.1) is 5.92 Å². The molecule has 1 saturated carbocycles. The lowest BCUT2D eigenvalue weighted by atomic mass is 10.0. The molecule has 0 saturated heterocycles. The summed E-state index contributed by atoms with van der Waals surface area (Å²) in [5.41, 5.74) is 5.66. The maximum Gasteiger partial charge on any atom is 0.250 e. The van der Waals surface area contributed by atoms with Crippen LogP contribution in [0.3, 0.4) is 0 Å². The number of hydrogen-bond acceptors (Lipinski definition) is 5. The van der Waals surface area contributed by atoms with Crippen LogP contribution in [0.5, 0.6) is 0 Å². The summed E-state index contributed by atoms with van der Waals surface area (Å²) in [5.74, 6) is -0.0293. The first-order valence-electron chi connectivity index (χ1n) is 6.67. The fourth-order valence-corrected chi connectivity index (χ4v) is 5.48. The zero-order valence-corrected chi connectivity index (χ0v) is 14.6. The van der Waals surface area contributed by atoms with E-state index in [1.807, 2.05) is 0 Å². The molecule has 0 radical (unpaired) electrons. The van der Waals surface area contributed by atoms with Crippen LogP contribution in [0.15, 0.2) is 20.1 Å². The number of carbonyl (C=O) groups excluding carboxylic acids is 1. The number of nitrogens with one attached hydrogen (secondary N) is 2. The summed E-state index contributed by atoms with van der Waals surface area (Å²) in [6.45, 7) is 0.283. The highest BCUT2D eigenvalue weighted by molar-refractivity contribution is 9.11. The van der Waals surface area contributed by atoms with Crippen molar-refractivity contribution in [3.8, 4) is 0 Å². The van der Waals surface area contributed by atoms with Gasteiger partial charge in [0.2, 0.25) is 5.91 Å². The number of thiophene rings is 1. The summed E-state index contributed by atoms with van der Waals surface area (Å²) in [7, 11) is -3.63. The second-order valence-corrected chi connectivity index (χ2v) is 9.44. The van der Waals surface area contributed by atoms with E-state index in [1.165, 1.54) is 6.07 Å². The predicted octanol–water partition coefficient (Wildman–Crippen LogP) is 1.03. The number of rotatable bonds is 6. The lowest BCUT2D eigenvalue weighted by Gasteiger charge is -2.19. The molecule has 1 aliphatic carbocycles. The van der Waals surface area contributed by atoms with Crippen LogP contribution in [0.25, 0.3) is 0 Å². The molecule has 4 N–H and O–H groups in total. The summed E-state index contributed by atoms with van der Waals surface area (Å²) in [6, 6.07) is 3.21. The van der Waals surface area contributed by atoms with Gasteiger partial charge in [0, 0.05) is 6.04 Å². The molecule has 1 aromatic heterocycles. The number of hydrogen-bond donors (Lipinski definition) is 3. The molecule has 2 rings (SSSR count). The van der Waals surface area contributed by atoms with E-state index in [4.69, 9.17) is 5.73 Å². The Kier molecular flexibility index (Phi) is 5.78. The maximum atomic E-state index is 12.0. The van der Waals surface area contributed by atoms with Crippen molar-refractivity contribution in [1.82, 2.24) is 10.0 Å². The van der Waals surface area contributed by atoms with Gasteiger partial charge in [-0.2, -0.15) is 0 Å². The Bertz CT molecular complexity index is 603. The van der Waals surface area contributed by atoms with Crippen molar-refractivity contribution in [2.24, 2.45) is 11.7 Å². The fourth-order valence-electron chi connectivity index (χ4n) is 2.44. The Labute approximate surface area is 136 Å². The number of nitrogens with two attached hydrogens (primary N) is 1. The minimum Gasteiger partial charge on any atom is -0.352 e. The molecule has 118 valence electrons. The molecule has 0 bridgehead atoms. The summed E-state index contributed by atoms with van der Waals surface area (Å²) in [5, 5.41) is 2.86. The zero-order chi connectivity index (χ0) is 15.5. The van der Waals surface area contributed by atoms with Crippen LogP contribution in [-0.4, -0.2) is 33.5 Å². The first-order valence-corrected chi connectivity index (χ1v) is 9.76. The van der Waals surface area contributed by atoms with E-state index in [9.17, 15) is 13.2 Å². The molecule has 1 heterocycles. The molecule has 1 amide bonds. The molecule has 1 aliphatic rings. The SMILES string of the molecule is NCC1CCCC1NC(=O)CNS(=O)(=O)c1ccc(Br)s1. The van der Waals surface area contributed by atoms with Gasteiger partial charge in [-0.1, -0.05) is 6.42 Å². The van der Waals surface area contributed by atoms with E-state index in [0.717, 1.165) is 34.4 Å². The van der Waals surface area contributed by atoms with E-state index in [0.29, 0.717) is 12.5 Å². The fraction of sp³-hybridized carbons (Fsp3) is 0.583. The van der Waals surface area contributed by atoms with Crippen molar-refractivity contribution < 1.29 is 13.2 Å². The summed E-state index contributed by atoms with van der Waals surface area (Å²) in [6.07, 6.45) is 2.95. The van der Waals surface area contributed by atoms with Crippen molar-refractivity contribution in [2.45, 2.75) is 29.5 Å². The third-order valence-electron chi connectivity index (χ3n) is 3.54. The molecule has 6 nitrogen and oxygen atoms in total. The number of sulfonamides is 1. The van der Waals surface area contributed by atoms with Crippen molar-refractivity contribution in [3.05, 3.63) is 15.9 Å². The molecule has 1 aromatic rings. The molecule has 0 aliphatic heterocycles. The molecule has 0 spiro atoms. The predicted molar refractivity (Wildman–Crippen MR) is 85.5 cm³/mol. The standard InChI is InChI=1S/C12H18BrN3O3S2/c13-10-4-5-12(20-10)21(18,19)15-7-11(17)16-9-3-1-2-8(9)6-14/h4-5,8-9,15H,1-3,6-7,14H2,(H,16,17). The van der Waals surface area contributed by atoms with E-state index >= 15 is 0 Å². The van der Waals surface area contributed by atoms with Crippen molar-refractivity contribution in [3.63, 3.8) is 0 Å². The Morgan fingerprint density at radius 3 is 2.81 bits per heavy atom. The Morgan fingerprint density at radius 1 is 1.43 bits per heavy atom. The van der Waals surface area contributed by atoms with Crippen LogP contribution in [0.2, 0.25) is 0 Å².